The fraction of sp³-hybridized carbons (Fsp3) is 0.0455. The van der Waals surface area contributed by atoms with Gasteiger partial charge in [-0.2, -0.15) is 0 Å². The lowest BCUT2D eigenvalue weighted by Gasteiger charge is -2.27. The number of carbonyl (C=O) groups excluding carboxylic acids is 3. The molecule has 0 fully saturated rings. The van der Waals surface area contributed by atoms with Crippen molar-refractivity contribution in [3.63, 3.8) is 0 Å². The van der Waals surface area contributed by atoms with Gasteiger partial charge in [-0.3, -0.25) is 24.2 Å². The molecule has 0 atom stereocenters. The van der Waals surface area contributed by atoms with Gasteiger partial charge < -0.3 is 0 Å². The summed E-state index contributed by atoms with van der Waals surface area (Å²) in [6.45, 7) is -0.227. The summed E-state index contributed by atoms with van der Waals surface area (Å²) in [5, 5.41) is 1.01. The first-order chi connectivity index (χ1) is 14.0. The predicted octanol–water partition coefficient (Wildman–Crippen LogP) is 4.89. The number of anilines is 1. The van der Waals surface area contributed by atoms with Crippen LogP contribution in [0.2, 0.25) is 10.0 Å². The van der Waals surface area contributed by atoms with Crippen LogP contribution in [-0.2, 0) is 0 Å². The third-order valence-electron chi connectivity index (χ3n) is 4.64. The normalized spacial score (nSPS) is 12.8. The minimum absolute atomic E-state index is 0.227. The van der Waals surface area contributed by atoms with E-state index in [4.69, 9.17) is 23.2 Å². The van der Waals surface area contributed by atoms with Crippen LogP contribution in [0.4, 0.5) is 5.69 Å². The quantitative estimate of drug-likeness (QED) is 0.559. The Kier molecular flexibility index (Phi) is 5.09. The standard InChI is InChI=1S/C22H14Cl2N2O3/c23-15-7-5-14(6-8-15)20(27)25(17-11-9-16(24)10-12-17)13-26-21(28)18-3-1-2-4-19(18)22(26)29/h1-12H,13H2. The Bertz CT molecular complexity index is 1080. The number of benzene rings is 3. The Balaban J connectivity index is 1.70. The molecular formula is C22H14Cl2N2O3. The van der Waals surface area contributed by atoms with E-state index in [1.807, 2.05) is 0 Å². The Morgan fingerprint density at radius 1 is 0.759 bits per heavy atom. The van der Waals surface area contributed by atoms with Gasteiger partial charge in [-0.05, 0) is 60.7 Å². The molecule has 0 bridgehead atoms. The van der Waals surface area contributed by atoms with Crippen LogP contribution in [0.5, 0.6) is 0 Å². The van der Waals surface area contributed by atoms with Crippen molar-refractivity contribution >= 4 is 46.6 Å². The van der Waals surface area contributed by atoms with E-state index in [9.17, 15) is 14.4 Å². The van der Waals surface area contributed by atoms with Gasteiger partial charge in [-0.25, -0.2) is 0 Å². The first kappa shape index (κ1) is 19.2. The van der Waals surface area contributed by atoms with Gasteiger partial charge >= 0.3 is 0 Å². The second-order valence-corrected chi connectivity index (χ2v) is 7.31. The summed E-state index contributed by atoms with van der Waals surface area (Å²) in [5.41, 5.74) is 1.53. The predicted molar refractivity (Wildman–Crippen MR) is 112 cm³/mol. The highest BCUT2D eigenvalue weighted by atomic mass is 35.5. The maximum absolute atomic E-state index is 13.2. The fourth-order valence-corrected chi connectivity index (χ4v) is 3.39. The van der Waals surface area contributed by atoms with Crippen molar-refractivity contribution in [3.8, 4) is 0 Å². The summed E-state index contributed by atoms with van der Waals surface area (Å²) in [7, 11) is 0. The van der Waals surface area contributed by atoms with E-state index in [2.05, 4.69) is 0 Å². The van der Waals surface area contributed by atoms with E-state index >= 15 is 0 Å². The van der Waals surface area contributed by atoms with E-state index in [0.29, 0.717) is 32.4 Å². The second-order valence-electron chi connectivity index (χ2n) is 6.44. The summed E-state index contributed by atoms with van der Waals surface area (Å²) in [6, 6.07) is 19.6. The molecule has 3 aromatic carbocycles. The molecule has 0 spiro atoms. The highest BCUT2D eigenvalue weighted by Crippen LogP contribution is 2.26. The molecule has 0 radical (unpaired) electrons. The zero-order valence-corrected chi connectivity index (χ0v) is 16.5. The van der Waals surface area contributed by atoms with Gasteiger partial charge in [0.1, 0.15) is 6.67 Å². The molecular weight excluding hydrogens is 411 g/mol. The van der Waals surface area contributed by atoms with Crippen molar-refractivity contribution in [2.45, 2.75) is 0 Å². The lowest BCUT2D eigenvalue weighted by atomic mass is 10.1. The first-order valence-electron chi connectivity index (χ1n) is 8.74. The molecule has 144 valence electrons. The largest absolute Gasteiger partial charge is 0.290 e. The highest BCUT2D eigenvalue weighted by molar-refractivity contribution is 6.31. The van der Waals surface area contributed by atoms with E-state index in [-0.39, 0.29) is 12.6 Å². The van der Waals surface area contributed by atoms with Crippen molar-refractivity contribution in [1.82, 2.24) is 4.90 Å². The minimum atomic E-state index is -0.437. The number of amides is 3. The molecule has 0 aromatic heterocycles. The summed E-state index contributed by atoms with van der Waals surface area (Å²) in [5.74, 6) is -1.25. The smallest absolute Gasteiger partial charge is 0.263 e. The second kappa shape index (κ2) is 7.70. The molecule has 1 aliphatic rings. The van der Waals surface area contributed by atoms with Gasteiger partial charge in [0.15, 0.2) is 0 Å². The van der Waals surface area contributed by atoms with Crippen LogP contribution in [0.15, 0.2) is 72.8 Å². The zero-order chi connectivity index (χ0) is 20.5. The number of fused-ring (bicyclic) bond motifs is 1. The number of rotatable bonds is 4. The molecule has 0 unspecified atom stereocenters. The van der Waals surface area contributed by atoms with Gasteiger partial charge in [0.2, 0.25) is 0 Å². The van der Waals surface area contributed by atoms with Crippen LogP contribution in [0, 0.1) is 0 Å². The molecule has 3 aromatic rings. The Morgan fingerprint density at radius 2 is 1.24 bits per heavy atom. The Labute approximate surface area is 177 Å². The monoisotopic (exact) mass is 424 g/mol. The molecule has 0 aliphatic carbocycles. The average Bonchev–Trinajstić information content (AvgIpc) is 2.98. The number of nitrogens with zero attached hydrogens (tertiary/aromatic N) is 2. The topological polar surface area (TPSA) is 57.7 Å². The van der Waals surface area contributed by atoms with Gasteiger partial charge in [-0.15, -0.1) is 0 Å². The summed E-state index contributed by atoms with van der Waals surface area (Å²) in [4.78, 5) is 41.2. The van der Waals surface area contributed by atoms with E-state index < -0.39 is 11.8 Å². The Morgan fingerprint density at radius 3 is 1.76 bits per heavy atom. The van der Waals surface area contributed by atoms with E-state index in [1.54, 1.807) is 72.8 Å². The maximum atomic E-state index is 13.2. The van der Waals surface area contributed by atoms with Gasteiger partial charge in [0.05, 0.1) is 11.1 Å². The number of carbonyl (C=O) groups is 3. The third-order valence-corrected chi connectivity index (χ3v) is 5.14. The molecule has 5 nitrogen and oxygen atoms in total. The molecule has 0 saturated carbocycles. The molecule has 1 heterocycles. The molecule has 3 amide bonds. The van der Waals surface area contributed by atoms with Crippen LogP contribution in [-0.4, -0.2) is 29.3 Å². The number of halogens is 2. The Hall–Kier alpha value is -3.15. The van der Waals surface area contributed by atoms with Crippen molar-refractivity contribution in [2.75, 3.05) is 11.6 Å². The van der Waals surface area contributed by atoms with E-state index in [0.717, 1.165) is 4.90 Å². The molecule has 0 N–H and O–H groups in total. The van der Waals surface area contributed by atoms with Crippen molar-refractivity contribution < 1.29 is 14.4 Å². The van der Waals surface area contributed by atoms with Crippen LogP contribution in [0.3, 0.4) is 0 Å². The lowest BCUT2D eigenvalue weighted by molar-refractivity contribution is 0.0650. The summed E-state index contributed by atoms with van der Waals surface area (Å²) in [6.07, 6.45) is 0. The van der Waals surface area contributed by atoms with Gasteiger partial charge in [0.25, 0.3) is 17.7 Å². The lowest BCUT2D eigenvalue weighted by Crippen LogP contribution is -2.44. The molecule has 29 heavy (non-hydrogen) atoms. The average molecular weight is 425 g/mol. The molecule has 0 saturated heterocycles. The SMILES string of the molecule is O=C1c2ccccc2C(=O)N1CN(C(=O)c1ccc(Cl)cc1)c1ccc(Cl)cc1. The maximum Gasteiger partial charge on any atom is 0.263 e. The van der Waals surface area contributed by atoms with Crippen LogP contribution < -0.4 is 4.90 Å². The zero-order valence-electron chi connectivity index (χ0n) is 15.0. The minimum Gasteiger partial charge on any atom is -0.290 e. The van der Waals surface area contributed by atoms with Crippen LogP contribution >= 0.6 is 23.2 Å². The fourth-order valence-electron chi connectivity index (χ4n) is 3.14. The number of hydrogen-bond donors (Lipinski definition) is 0. The molecule has 4 rings (SSSR count). The van der Waals surface area contributed by atoms with Crippen LogP contribution in [0.1, 0.15) is 31.1 Å². The van der Waals surface area contributed by atoms with Gasteiger partial charge in [0, 0.05) is 21.3 Å². The van der Waals surface area contributed by atoms with Crippen molar-refractivity contribution in [3.05, 3.63) is 99.5 Å². The number of hydrogen-bond acceptors (Lipinski definition) is 3. The molecule has 7 heteroatoms. The van der Waals surface area contributed by atoms with E-state index in [1.165, 1.54) is 4.90 Å². The van der Waals surface area contributed by atoms with Crippen LogP contribution in [0.25, 0.3) is 0 Å². The van der Waals surface area contributed by atoms with Crippen molar-refractivity contribution in [2.24, 2.45) is 0 Å². The van der Waals surface area contributed by atoms with Crippen molar-refractivity contribution in [1.29, 1.82) is 0 Å². The summed E-state index contributed by atoms with van der Waals surface area (Å²) >= 11 is 11.9. The number of imide groups is 1. The third kappa shape index (κ3) is 3.62. The summed E-state index contributed by atoms with van der Waals surface area (Å²) < 4.78 is 0. The van der Waals surface area contributed by atoms with Gasteiger partial charge in [-0.1, -0.05) is 35.3 Å². The highest BCUT2D eigenvalue weighted by Gasteiger charge is 2.37. The molecule has 1 aliphatic heterocycles. The first-order valence-corrected chi connectivity index (χ1v) is 9.49.